The highest BCUT2D eigenvalue weighted by molar-refractivity contribution is 5.96. The maximum Gasteiger partial charge on any atom is 0.338 e. The fourth-order valence-corrected chi connectivity index (χ4v) is 3.64. The predicted octanol–water partition coefficient (Wildman–Crippen LogP) is 1.99. The highest BCUT2D eigenvalue weighted by Crippen LogP contribution is 2.31. The summed E-state index contributed by atoms with van der Waals surface area (Å²) in [5, 5.41) is 9.77. The average molecular weight is 325 g/mol. The first-order valence-corrected chi connectivity index (χ1v) is 8.20. The maximum absolute atomic E-state index is 11.9. The molecule has 6 heteroatoms. The Kier molecular flexibility index (Phi) is 4.00. The number of hydrogen-bond donors (Lipinski definition) is 1. The minimum atomic E-state index is -0.913. The minimum absolute atomic E-state index is 0.334. The van der Waals surface area contributed by atoms with E-state index < -0.39 is 5.97 Å². The van der Waals surface area contributed by atoms with E-state index in [0.29, 0.717) is 17.3 Å². The lowest BCUT2D eigenvalue weighted by molar-refractivity contribution is 0.0694. The first-order valence-electron chi connectivity index (χ1n) is 8.20. The molecule has 24 heavy (non-hydrogen) atoms. The monoisotopic (exact) mass is 325 g/mol. The molecule has 0 spiro atoms. The molecule has 1 saturated heterocycles. The van der Waals surface area contributed by atoms with Gasteiger partial charge in [0.05, 0.1) is 17.9 Å². The molecule has 0 radical (unpaired) electrons. The molecule has 0 aliphatic carbocycles. The van der Waals surface area contributed by atoms with E-state index in [0.717, 1.165) is 55.8 Å². The van der Waals surface area contributed by atoms with Crippen LogP contribution < -0.4 is 0 Å². The van der Waals surface area contributed by atoms with Crippen LogP contribution in [0.3, 0.4) is 0 Å². The summed E-state index contributed by atoms with van der Waals surface area (Å²) in [5.74, 6) is -0.913. The quantitative estimate of drug-likeness (QED) is 0.930. The molecule has 4 heterocycles. The number of hydrogen-bond acceptors (Lipinski definition) is 5. The number of ether oxygens (including phenoxy) is 1. The van der Waals surface area contributed by atoms with E-state index in [1.165, 1.54) is 0 Å². The summed E-state index contributed by atoms with van der Waals surface area (Å²) in [6.07, 6.45) is 6.92. The summed E-state index contributed by atoms with van der Waals surface area (Å²) in [5.41, 5.74) is 3.59. The number of carboxylic acids is 1. The van der Waals surface area contributed by atoms with Gasteiger partial charge < -0.3 is 9.84 Å². The highest BCUT2D eigenvalue weighted by atomic mass is 16.5. The summed E-state index contributed by atoms with van der Waals surface area (Å²) in [6.45, 7) is 3.19. The summed E-state index contributed by atoms with van der Waals surface area (Å²) >= 11 is 0. The topological polar surface area (TPSA) is 75.5 Å². The predicted molar refractivity (Wildman–Crippen MR) is 87.8 cm³/mol. The fraction of sp³-hybridized carbons (Fsp3) is 0.389. The molecule has 2 aromatic heterocycles. The Balaban J connectivity index is 1.73. The van der Waals surface area contributed by atoms with Gasteiger partial charge >= 0.3 is 5.97 Å². The molecule has 1 atom stereocenters. The number of rotatable bonds is 3. The van der Waals surface area contributed by atoms with Crippen molar-refractivity contribution >= 4 is 5.97 Å². The fourth-order valence-electron chi connectivity index (χ4n) is 3.64. The van der Waals surface area contributed by atoms with Crippen molar-refractivity contribution in [1.82, 2.24) is 14.9 Å². The van der Waals surface area contributed by atoms with E-state index >= 15 is 0 Å². The normalized spacial score (nSPS) is 20.8. The molecule has 0 amide bonds. The highest BCUT2D eigenvalue weighted by Gasteiger charge is 2.30. The van der Waals surface area contributed by atoms with Crippen LogP contribution in [0.2, 0.25) is 0 Å². The zero-order valence-electron chi connectivity index (χ0n) is 13.3. The molecule has 0 aromatic carbocycles. The van der Waals surface area contributed by atoms with E-state index in [9.17, 15) is 9.90 Å². The molecule has 0 bridgehead atoms. The van der Waals surface area contributed by atoms with Gasteiger partial charge in [0, 0.05) is 49.9 Å². The van der Waals surface area contributed by atoms with Crippen LogP contribution in [0.1, 0.15) is 27.9 Å². The molecule has 2 aromatic rings. The lowest BCUT2D eigenvalue weighted by atomic mass is 9.92. The lowest BCUT2D eigenvalue weighted by Crippen LogP contribution is -2.40. The van der Waals surface area contributed by atoms with Gasteiger partial charge in [0.25, 0.3) is 0 Å². The molecule has 1 fully saturated rings. The molecule has 2 aliphatic heterocycles. The average Bonchev–Trinajstić information content (AvgIpc) is 3.15. The van der Waals surface area contributed by atoms with Crippen molar-refractivity contribution in [2.75, 3.05) is 19.8 Å². The first-order chi connectivity index (χ1) is 11.7. The third kappa shape index (κ3) is 2.68. The molecular weight excluding hydrogens is 306 g/mol. The van der Waals surface area contributed by atoms with E-state index in [1.54, 1.807) is 24.5 Å². The molecule has 124 valence electrons. The Morgan fingerprint density at radius 2 is 2.17 bits per heavy atom. The van der Waals surface area contributed by atoms with Crippen LogP contribution in [0.4, 0.5) is 0 Å². The van der Waals surface area contributed by atoms with Gasteiger partial charge in [-0.3, -0.25) is 14.9 Å². The van der Waals surface area contributed by atoms with Crippen LogP contribution in [0.25, 0.3) is 11.3 Å². The van der Waals surface area contributed by atoms with Crippen LogP contribution in [0.15, 0.2) is 30.7 Å². The van der Waals surface area contributed by atoms with Crippen LogP contribution in [-0.2, 0) is 17.7 Å². The number of nitrogens with zero attached hydrogens (tertiary/aromatic N) is 3. The van der Waals surface area contributed by atoms with Gasteiger partial charge in [0.1, 0.15) is 0 Å². The van der Waals surface area contributed by atoms with Gasteiger partial charge in [-0.05, 0) is 36.1 Å². The number of carbonyl (C=O) groups is 1. The van der Waals surface area contributed by atoms with Crippen LogP contribution in [0.5, 0.6) is 0 Å². The van der Waals surface area contributed by atoms with Crippen LogP contribution in [0, 0.1) is 0 Å². The third-order valence-corrected chi connectivity index (χ3v) is 4.89. The summed E-state index contributed by atoms with van der Waals surface area (Å²) in [4.78, 5) is 22.8. The van der Waals surface area contributed by atoms with E-state index in [-0.39, 0.29) is 0 Å². The Bertz CT molecular complexity index is 758. The van der Waals surface area contributed by atoms with E-state index in [2.05, 4.69) is 14.9 Å². The molecular formula is C18H19N3O3. The standard InChI is InChI=1S/C18H19N3O3/c22-18(23)16-15-3-7-21(14-4-8-24-11-14)10-13(15)9-20-17(16)12-1-5-19-6-2-12/h1-2,5-6,9,14H,3-4,7-8,10-11H2,(H,22,23)/t14-/m1/s1. The second-order valence-electron chi connectivity index (χ2n) is 6.26. The minimum Gasteiger partial charge on any atom is -0.478 e. The number of pyridine rings is 2. The Labute approximate surface area is 140 Å². The van der Waals surface area contributed by atoms with Gasteiger partial charge in [0.2, 0.25) is 0 Å². The van der Waals surface area contributed by atoms with Gasteiger partial charge in [-0.1, -0.05) is 0 Å². The molecule has 0 saturated carbocycles. The summed E-state index contributed by atoms with van der Waals surface area (Å²) < 4.78 is 5.48. The van der Waals surface area contributed by atoms with E-state index in [4.69, 9.17) is 4.74 Å². The van der Waals surface area contributed by atoms with Crippen molar-refractivity contribution in [1.29, 1.82) is 0 Å². The van der Waals surface area contributed by atoms with Gasteiger partial charge in [0.15, 0.2) is 0 Å². The molecule has 6 nitrogen and oxygen atoms in total. The number of aromatic nitrogens is 2. The van der Waals surface area contributed by atoms with Crippen molar-refractivity contribution in [2.24, 2.45) is 0 Å². The molecule has 1 N–H and O–H groups in total. The number of aromatic carboxylic acids is 1. The van der Waals surface area contributed by atoms with E-state index in [1.807, 2.05) is 6.20 Å². The number of carboxylic acid groups (broad SMARTS) is 1. The maximum atomic E-state index is 11.9. The van der Waals surface area contributed by atoms with Crippen LogP contribution in [-0.4, -0.2) is 51.7 Å². The van der Waals surface area contributed by atoms with Crippen molar-refractivity contribution in [3.8, 4) is 11.3 Å². The Hall–Kier alpha value is -2.31. The zero-order chi connectivity index (χ0) is 16.5. The Morgan fingerprint density at radius 3 is 2.88 bits per heavy atom. The van der Waals surface area contributed by atoms with Crippen molar-refractivity contribution in [3.63, 3.8) is 0 Å². The van der Waals surface area contributed by atoms with Crippen molar-refractivity contribution < 1.29 is 14.6 Å². The zero-order valence-corrected chi connectivity index (χ0v) is 13.3. The second-order valence-corrected chi connectivity index (χ2v) is 6.26. The first kappa shape index (κ1) is 15.2. The SMILES string of the molecule is O=C(O)c1c(-c2ccncc2)ncc2c1CCN([C@@H]1CCOC1)C2. The van der Waals surface area contributed by atoms with Crippen LogP contribution >= 0.6 is 0 Å². The second kappa shape index (κ2) is 6.30. The lowest BCUT2D eigenvalue weighted by Gasteiger charge is -2.33. The van der Waals surface area contributed by atoms with Crippen molar-refractivity contribution in [2.45, 2.75) is 25.4 Å². The van der Waals surface area contributed by atoms with Gasteiger partial charge in [-0.25, -0.2) is 4.79 Å². The van der Waals surface area contributed by atoms with Crippen molar-refractivity contribution in [3.05, 3.63) is 47.4 Å². The van der Waals surface area contributed by atoms with Gasteiger partial charge in [-0.15, -0.1) is 0 Å². The Morgan fingerprint density at radius 1 is 1.33 bits per heavy atom. The largest absolute Gasteiger partial charge is 0.478 e. The van der Waals surface area contributed by atoms with Gasteiger partial charge in [-0.2, -0.15) is 0 Å². The smallest absolute Gasteiger partial charge is 0.338 e. The molecule has 2 aliphatic rings. The third-order valence-electron chi connectivity index (χ3n) is 4.89. The summed E-state index contributed by atoms with van der Waals surface area (Å²) in [7, 11) is 0. The summed E-state index contributed by atoms with van der Waals surface area (Å²) in [6, 6.07) is 4.03. The molecule has 4 rings (SSSR count). The molecule has 0 unspecified atom stereocenters. The number of fused-ring (bicyclic) bond motifs is 1.